The third kappa shape index (κ3) is 6.73. The number of nitrogens with zero attached hydrogens (tertiary/aromatic N) is 1. The van der Waals surface area contributed by atoms with Crippen molar-refractivity contribution in [2.24, 2.45) is 11.8 Å². The van der Waals surface area contributed by atoms with Gasteiger partial charge < -0.3 is 24.1 Å². The lowest BCUT2D eigenvalue weighted by molar-refractivity contribution is -0.137. The Morgan fingerprint density at radius 3 is 2.50 bits per heavy atom. The minimum Gasteiger partial charge on any atom is -0.497 e. The van der Waals surface area contributed by atoms with E-state index in [0.29, 0.717) is 41.0 Å². The van der Waals surface area contributed by atoms with Crippen molar-refractivity contribution in [3.63, 3.8) is 0 Å². The van der Waals surface area contributed by atoms with E-state index in [9.17, 15) is 14.3 Å². The Labute approximate surface area is 222 Å². The van der Waals surface area contributed by atoms with Gasteiger partial charge >= 0.3 is 5.97 Å². The van der Waals surface area contributed by atoms with Gasteiger partial charge in [0.05, 0.1) is 32.8 Å². The van der Waals surface area contributed by atoms with Crippen molar-refractivity contribution in [2.45, 2.75) is 45.6 Å². The van der Waals surface area contributed by atoms with E-state index in [1.54, 1.807) is 18.2 Å². The number of rotatable bonds is 13. The number of hydrogen-bond donors (Lipinski definition) is 1. The number of methoxy groups -OCH3 is 2. The van der Waals surface area contributed by atoms with Crippen molar-refractivity contribution in [3.8, 4) is 34.4 Å². The summed E-state index contributed by atoms with van der Waals surface area (Å²) in [7, 11) is 3.02. The Bertz CT molecular complexity index is 1270. The van der Waals surface area contributed by atoms with Gasteiger partial charge in [-0.25, -0.2) is 9.37 Å². The summed E-state index contributed by atoms with van der Waals surface area (Å²) >= 11 is 0. The van der Waals surface area contributed by atoms with E-state index in [1.807, 2.05) is 38.1 Å². The highest BCUT2D eigenvalue weighted by molar-refractivity contribution is 5.70. The molecule has 1 saturated carbocycles. The molecule has 0 amide bonds. The fourth-order valence-electron chi connectivity index (χ4n) is 4.41. The van der Waals surface area contributed by atoms with Gasteiger partial charge in [-0.15, -0.1) is 0 Å². The van der Waals surface area contributed by atoms with Crippen LogP contribution in [0.4, 0.5) is 4.39 Å². The summed E-state index contributed by atoms with van der Waals surface area (Å²) in [6.07, 6.45) is 2.20. The molecule has 0 aliphatic heterocycles. The van der Waals surface area contributed by atoms with Crippen LogP contribution in [0.25, 0.3) is 11.3 Å². The van der Waals surface area contributed by atoms with E-state index in [0.717, 1.165) is 18.4 Å². The van der Waals surface area contributed by atoms with Crippen LogP contribution in [-0.2, 0) is 11.4 Å². The maximum Gasteiger partial charge on any atom is 0.303 e. The quantitative estimate of drug-likeness (QED) is 0.274. The zero-order valence-electron chi connectivity index (χ0n) is 22.2. The van der Waals surface area contributed by atoms with Gasteiger partial charge in [0.2, 0.25) is 5.88 Å². The highest BCUT2D eigenvalue weighted by atomic mass is 19.1. The molecule has 4 rings (SSSR count). The first-order valence-electron chi connectivity index (χ1n) is 12.8. The zero-order valence-corrected chi connectivity index (χ0v) is 22.2. The van der Waals surface area contributed by atoms with Gasteiger partial charge in [0, 0.05) is 5.56 Å². The molecule has 1 aromatic heterocycles. The van der Waals surface area contributed by atoms with Crippen LogP contribution in [0.2, 0.25) is 0 Å². The van der Waals surface area contributed by atoms with E-state index in [2.05, 4.69) is 4.98 Å². The smallest absolute Gasteiger partial charge is 0.303 e. The Morgan fingerprint density at radius 2 is 1.84 bits per heavy atom. The van der Waals surface area contributed by atoms with Crippen LogP contribution in [-0.4, -0.2) is 36.9 Å². The van der Waals surface area contributed by atoms with Crippen LogP contribution >= 0.6 is 0 Å². The summed E-state index contributed by atoms with van der Waals surface area (Å²) in [6, 6.07) is 13.8. The molecule has 1 atom stereocenters. The van der Waals surface area contributed by atoms with Crippen molar-refractivity contribution in [1.82, 2.24) is 4.98 Å². The second-order valence-corrected chi connectivity index (χ2v) is 9.96. The molecule has 1 N–H and O–H groups in total. The normalized spacial score (nSPS) is 13.7. The molecule has 202 valence electrons. The molecule has 1 aliphatic carbocycles. The number of carboxylic acids is 1. The topological polar surface area (TPSA) is 87.1 Å². The second kappa shape index (κ2) is 12.2. The van der Waals surface area contributed by atoms with Crippen molar-refractivity contribution in [3.05, 3.63) is 65.5 Å². The monoisotopic (exact) mass is 523 g/mol. The van der Waals surface area contributed by atoms with Crippen molar-refractivity contribution in [1.29, 1.82) is 0 Å². The second-order valence-electron chi connectivity index (χ2n) is 9.96. The number of pyridine rings is 1. The molecule has 1 aliphatic rings. The molecule has 2 aromatic carbocycles. The highest BCUT2D eigenvalue weighted by Crippen LogP contribution is 2.45. The number of carbonyl (C=O) groups is 1. The van der Waals surface area contributed by atoms with Gasteiger partial charge in [-0.1, -0.05) is 26.0 Å². The van der Waals surface area contributed by atoms with E-state index in [1.165, 1.54) is 20.3 Å². The number of aliphatic carboxylic acids is 1. The number of ether oxygens (including phenoxy) is 4. The van der Waals surface area contributed by atoms with Crippen LogP contribution in [0.1, 0.15) is 50.2 Å². The van der Waals surface area contributed by atoms with Crippen LogP contribution in [0.5, 0.6) is 23.1 Å². The molecule has 8 heteroatoms. The van der Waals surface area contributed by atoms with Gasteiger partial charge in [-0.2, -0.15) is 0 Å². The summed E-state index contributed by atoms with van der Waals surface area (Å²) in [6.45, 7) is 4.60. The van der Waals surface area contributed by atoms with Crippen LogP contribution in [0.3, 0.4) is 0 Å². The number of hydrogen-bond acceptors (Lipinski definition) is 6. The third-order valence-electron chi connectivity index (χ3n) is 6.49. The average molecular weight is 524 g/mol. The maximum atomic E-state index is 14.9. The standard InChI is InChI=1S/C30H34FNO6/c1-18(2)16-38-27-13-21(30(36-4)32-29(27)25-14-22(35-3)10-11-26(25)31)17-37-23-7-5-6-20(12-23)24(15-28(33)34)19-8-9-19/h5-7,10-14,18-19,24H,8-9,15-17H2,1-4H3,(H,33,34). The molecular weight excluding hydrogens is 489 g/mol. The molecule has 7 nitrogen and oxygen atoms in total. The largest absolute Gasteiger partial charge is 0.497 e. The highest BCUT2D eigenvalue weighted by Gasteiger charge is 2.33. The van der Waals surface area contributed by atoms with E-state index in [4.69, 9.17) is 18.9 Å². The van der Waals surface area contributed by atoms with E-state index in [-0.39, 0.29) is 36.3 Å². The molecule has 1 unspecified atom stereocenters. The Kier molecular flexibility index (Phi) is 8.71. The SMILES string of the molecule is COc1ccc(F)c(-c2nc(OC)c(COc3cccc(C(CC(=O)O)C4CC4)c3)cc2OCC(C)C)c1. The molecule has 0 saturated heterocycles. The molecule has 1 fully saturated rings. The first-order valence-corrected chi connectivity index (χ1v) is 12.8. The fraction of sp³-hybridized carbons (Fsp3) is 0.400. The molecule has 38 heavy (non-hydrogen) atoms. The van der Waals surface area contributed by atoms with Crippen LogP contribution < -0.4 is 18.9 Å². The van der Waals surface area contributed by atoms with Crippen molar-refractivity contribution in [2.75, 3.05) is 20.8 Å². The number of carboxylic acid groups (broad SMARTS) is 1. The lowest BCUT2D eigenvalue weighted by atomic mass is 9.91. The maximum absolute atomic E-state index is 14.9. The first kappa shape index (κ1) is 27.2. The molecule has 3 aromatic rings. The average Bonchev–Trinajstić information content (AvgIpc) is 3.75. The Morgan fingerprint density at radius 1 is 1.05 bits per heavy atom. The minimum atomic E-state index is -0.800. The predicted octanol–water partition coefficient (Wildman–Crippen LogP) is 6.49. The van der Waals surface area contributed by atoms with Gasteiger partial charge in [0.25, 0.3) is 0 Å². The van der Waals surface area contributed by atoms with Crippen molar-refractivity contribution < 1.29 is 33.2 Å². The van der Waals surface area contributed by atoms with Gasteiger partial charge in [0.15, 0.2) is 0 Å². The fourth-order valence-corrected chi connectivity index (χ4v) is 4.41. The summed E-state index contributed by atoms with van der Waals surface area (Å²) in [5.41, 5.74) is 2.15. The first-order chi connectivity index (χ1) is 18.3. The van der Waals surface area contributed by atoms with Gasteiger partial charge in [-0.3, -0.25) is 4.79 Å². The summed E-state index contributed by atoms with van der Waals surface area (Å²) in [5, 5.41) is 9.36. The molecule has 0 spiro atoms. The van der Waals surface area contributed by atoms with Gasteiger partial charge in [-0.05, 0) is 72.6 Å². The lowest BCUT2D eigenvalue weighted by Crippen LogP contribution is -2.10. The van der Waals surface area contributed by atoms with Gasteiger partial charge in [0.1, 0.15) is 35.4 Å². The Balaban J connectivity index is 1.63. The van der Waals surface area contributed by atoms with E-state index < -0.39 is 11.8 Å². The summed E-state index contributed by atoms with van der Waals surface area (Å²) < 4.78 is 37.9. The predicted molar refractivity (Wildman–Crippen MR) is 142 cm³/mol. The summed E-state index contributed by atoms with van der Waals surface area (Å²) in [4.78, 5) is 16.0. The van der Waals surface area contributed by atoms with Crippen molar-refractivity contribution >= 4 is 5.97 Å². The Hall–Kier alpha value is -3.81. The third-order valence-corrected chi connectivity index (χ3v) is 6.49. The number of aromatic nitrogens is 1. The van der Waals surface area contributed by atoms with Crippen LogP contribution in [0.15, 0.2) is 48.5 Å². The summed E-state index contributed by atoms with van der Waals surface area (Å²) in [5.74, 6) is 1.17. The van der Waals surface area contributed by atoms with E-state index >= 15 is 0 Å². The molecule has 1 heterocycles. The lowest BCUT2D eigenvalue weighted by Gasteiger charge is -2.18. The number of benzene rings is 2. The number of halogens is 1. The van der Waals surface area contributed by atoms with Crippen LogP contribution in [0, 0.1) is 17.7 Å². The minimum absolute atomic E-state index is 0.0275. The molecular formula is C30H34FNO6. The molecule has 0 bridgehead atoms. The molecule has 0 radical (unpaired) electrons. The zero-order chi connectivity index (χ0) is 27.2.